The van der Waals surface area contributed by atoms with Gasteiger partial charge >= 0.3 is 127 Å². The number of hydrogen-bond acceptors (Lipinski definition) is 0. The maximum absolute atomic E-state index is 2.56. The van der Waals surface area contributed by atoms with Crippen molar-refractivity contribution in [3.63, 3.8) is 0 Å². The molecule has 2 heteroatoms. The second kappa shape index (κ2) is 7.47. The van der Waals surface area contributed by atoms with Gasteiger partial charge in [-0.2, -0.15) is 0 Å². The molecule has 0 aliphatic carbocycles. The quantitative estimate of drug-likeness (QED) is 0.669. The van der Waals surface area contributed by atoms with Gasteiger partial charge in [-0.15, -0.1) is 0 Å². The van der Waals surface area contributed by atoms with Crippen LogP contribution in [-0.2, 0) is 0 Å². The summed E-state index contributed by atoms with van der Waals surface area (Å²) < 4.78 is 3.29. The van der Waals surface area contributed by atoms with E-state index in [2.05, 4.69) is 70.8 Å². The summed E-state index contributed by atoms with van der Waals surface area (Å²) in [7, 11) is -1.17. The van der Waals surface area contributed by atoms with Crippen molar-refractivity contribution in [1.82, 2.24) is 0 Å². The SMILES string of the molecule is Cc1ccc([Se]/C(=C/CCC(C)C)[Si](C)(C)C)cc1. The Kier molecular flexibility index (Phi) is 6.59. The maximum atomic E-state index is 2.56. The first-order valence-corrected chi connectivity index (χ1v) is 12.5. The molecule has 1 aromatic rings. The summed E-state index contributed by atoms with van der Waals surface area (Å²) >= 11 is 0.523. The number of aryl methyl sites for hydroxylation is 1. The zero-order chi connectivity index (χ0) is 14.5. The summed E-state index contributed by atoms with van der Waals surface area (Å²) in [5, 5.41) is 0. The van der Waals surface area contributed by atoms with Crippen LogP contribution < -0.4 is 4.46 Å². The van der Waals surface area contributed by atoms with Gasteiger partial charge in [-0.3, -0.25) is 0 Å². The van der Waals surface area contributed by atoms with Gasteiger partial charge in [0.1, 0.15) is 0 Å². The van der Waals surface area contributed by atoms with Gasteiger partial charge < -0.3 is 0 Å². The van der Waals surface area contributed by atoms with Crippen LogP contribution in [0, 0.1) is 12.8 Å². The van der Waals surface area contributed by atoms with E-state index in [4.69, 9.17) is 0 Å². The van der Waals surface area contributed by atoms with Crippen LogP contribution in [-0.4, -0.2) is 23.0 Å². The fourth-order valence-corrected chi connectivity index (χ4v) is 6.91. The van der Waals surface area contributed by atoms with Crippen LogP contribution in [0.1, 0.15) is 32.3 Å². The second-order valence-electron chi connectivity index (χ2n) is 6.70. The Balaban J connectivity index is 2.78. The van der Waals surface area contributed by atoms with Crippen molar-refractivity contribution in [3.8, 4) is 0 Å². The van der Waals surface area contributed by atoms with E-state index in [0.29, 0.717) is 15.0 Å². The van der Waals surface area contributed by atoms with E-state index in [0.717, 1.165) is 5.92 Å². The first-order chi connectivity index (χ1) is 8.79. The third-order valence-corrected chi connectivity index (χ3v) is 11.0. The molecule has 0 fully saturated rings. The summed E-state index contributed by atoms with van der Waals surface area (Å²) in [6, 6.07) is 9.11. The summed E-state index contributed by atoms with van der Waals surface area (Å²) in [6.07, 6.45) is 5.13. The fraction of sp³-hybridized carbons (Fsp3) is 0.529. The van der Waals surface area contributed by atoms with Gasteiger partial charge in [0.15, 0.2) is 0 Å². The minimum atomic E-state index is -1.17. The van der Waals surface area contributed by atoms with Crippen LogP contribution in [0.3, 0.4) is 0 Å². The molecule has 0 nitrogen and oxygen atoms in total. The molecule has 0 spiro atoms. The van der Waals surface area contributed by atoms with Crippen LogP contribution in [0.2, 0.25) is 19.6 Å². The number of hydrogen-bond donors (Lipinski definition) is 0. The minimum absolute atomic E-state index is 0.523. The van der Waals surface area contributed by atoms with E-state index in [1.807, 2.05) is 0 Å². The third-order valence-electron chi connectivity index (χ3n) is 3.06. The molecule has 0 aliphatic rings. The van der Waals surface area contributed by atoms with Gasteiger partial charge in [0.05, 0.1) is 0 Å². The molecule has 0 radical (unpaired) electrons. The van der Waals surface area contributed by atoms with E-state index < -0.39 is 8.07 Å². The number of rotatable bonds is 6. The van der Waals surface area contributed by atoms with Crippen molar-refractivity contribution in [2.24, 2.45) is 5.92 Å². The summed E-state index contributed by atoms with van der Waals surface area (Å²) in [6.45, 7) is 14.2. The standard InChI is InChI=1S/C17H28SeSi/c1-14(2)8-7-9-17(19(4,5)6)18-16-12-10-15(3)11-13-16/h9-14H,7-8H2,1-6H3/b17-9-. The number of benzene rings is 1. The predicted octanol–water partition coefficient (Wildman–Crippen LogP) is 4.52. The Morgan fingerprint density at radius 3 is 2.21 bits per heavy atom. The number of allylic oxidation sites excluding steroid dienone is 1. The molecular weight excluding hydrogens is 311 g/mol. The van der Waals surface area contributed by atoms with Crippen molar-refractivity contribution in [2.75, 3.05) is 0 Å². The Morgan fingerprint density at radius 1 is 1.16 bits per heavy atom. The van der Waals surface area contributed by atoms with Gasteiger partial charge in [0, 0.05) is 0 Å². The monoisotopic (exact) mass is 340 g/mol. The van der Waals surface area contributed by atoms with Crippen molar-refractivity contribution in [1.29, 1.82) is 0 Å². The molecule has 19 heavy (non-hydrogen) atoms. The van der Waals surface area contributed by atoms with E-state index in [-0.39, 0.29) is 0 Å². The fourth-order valence-electron chi connectivity index (χ4n) is 1.78. The third kappa shape index (κ3) is 6.60. The molecule has 0 bridgehead atoms. The van der Waals surface area contributed by atoms with Gasteiger partial charge in [0.25, 0.3) is 0 Å². The van der Waals surface area contributed by atoms with Crippen molar-refractivity contribution < 1.29 is 0 Å². The Bertz CT molecular complexity index is 410. The predicted molar refractivity (Wildman–Crippen MR) is 92.1 cm³/mol. The molecule has 0 saturated carbocycles. The van der Waals surface area contributed by atoms with E-state index >= 15 is 0 Å². The van der Waals surface area contributed by atoms with Crippen LogP contribution in [0.15, 0.2) is 34.4 Å². The molecule has 0 aromatic heterocycles. The molecule has 0 amide bonds. The van der Waals surface area contributed by atoms with Gasteiger partial charge in [-0.1, -0.05) is 0 Å². The van der Waals surface area contributed by atoms with Crippen LogP contribution >= 0.6 is 0 Å². The van der Waals surface area contributed by atoms with Gasteiger partial charge in [-0.05, 0) is 0 Å². The van der Waals surface area contributed by atoms with Crippen molar-refractivity contribution >= 4 is 27.5 Å². The van der Waals surface area contributed by atoms with E-state index in [9.17, 15) is 0 Å². The molecule has 0 N–H and O–H groups in total. The molecule has 1 rings (SSSR count). The van der Waals surface area contributed by atoms with Crippen LogP contribution in [0.25, 0.3) is 0 Å². The first kappa shape index (κ1) is 16.7. The first-order valence-electron chi connectivity index (χ1n) is 7.24. The molecule has 1 aromatic carbocycles. The molecule has 0 atom stereocenters. The average molecular weight is 339 g/mol. The van der Waals surface area contributed by atoms with E-state index in [1.54, 1.807) is 4.09 Å². The Labute approximate surface area is 126 Å². The van der Waals surface area contributed by atoms with E-state index in [1.165, 1.54) is 22.9 Å². The zero-order valence-electron chi connectivity index (χ0n) is 13.3. The molecule has 0 aliphatic heterocycles. The molecular formula is C17H28SeSi. The topological polar surface area (TPSA) is 0 Å². The average Bonchev–Trinajstić information content (AvgIpc) is 2.28. The summed E-state index contributed by atoms with van der Waals surface area (Å²) in [4.78, 5) is 0. The van der Waals surface area contributed by atoms with Crippen LogP contribution in [0.4, 0.5) is 0 Å². The molecule has 0 saturated heterocycles. The van der Waals surface area contributed by atoms with Gasteiger partial charge in [-0.25, -0.2) is 0 Å². The zero-order valence-corrected chi connectivity index (χ0v) is 16.0. The molecule has 0 unspecified atom stereocenters. The Morgan fingerprint density at radius 2 is 1.74 bits per heavy atom. The summed E-state index contributed by atoms with van der Waals surface area (Å²) in [5.74, 6) is 0.811. The van der Waals surface area contributed by atoms with Crippen LogP contribution in [0.5, 0.6) is 0 Å². The summed E-state index contributed by atoms with van der Waals surface area (Å²) in [5.41, 5.74) is 1.36. The van der Waals surface area contributed by atoms with Gasteiger partial charge in [0.2, 0.25) is 0 Å². The Hall–Kier alpha value is -0.304. The van der Waals surface area contributed by atoms with Crippen molar-refractivity contribution in [2.45, 2.75) is 53.3 Å². The second-order valence-corrected chi connectivity index (χ2v) is 14.9. The normalized spacial score (nSPS) is 13.1. The molecule has 0 heterocycles. The molecule has 106 valence electrons. The van der Waals surface area contributed by atoms with Crippen molar-refractivity contribution in [3.05, 3.63) is 40.0 Å².